The predicted octanol–water partition coefficient (Wildman–Crippen LogP) is 2.99. The summed E-state index contributed by atoms with van der Waals surface area (Å²) >= 11 is 6.52. The molecule has 124 valence electrons. The van der Waals surface area contributed by atoms with E-state index in [1.807, 2.05) is 0 Å². The third-order valence-electron chi connectivity index (χ3n) is 4.07. The number of aryl methyl sites for hydroxylation is 1. The van der Waals surface area contributed by atoms with Gasteiger partial charge in [0.1, 0.15) is 21.6 Å². The largest absolute Gasteiger partial charge is 0.322 e. The number of fused-ring (bicyclic) bond motifs is 1. The third kappa shape index (κ3) is 2.58. The van der Waals surface area contributed by atoms with E-state index in [4.69, 9.17) is 16.6 Å². The maximum Gasteiger partial charge on any atom is 0.144 e. The fourth-order valence-electron chi connectivity index (χ4n) is 3.26. The molecule has 0 saturated heterocycles. The monoisotopic (exact) mass is 352 g/mol. The highest BCUT2D eigenvalue weighted by molar-refractivity contribution is 7.84. The summed E-state index contributed by atoms with van der Waals surface area (Å²) in [6, 6.07) is 0. The third-order valence-corrected chi connectivity index (χ3v) is 5.56. The van der Waals surface area contributed by atoms with Crippen LogP contribution in [0.1, 0.15) is 33.4 Å². The van der Waals surface area contributed by atoms with E-state index >= 15 is 0 Å². The summed E-state index contributed by atoms with van der Waals surface area (Å²) in [5, 5.41) is 5.55. The molecular formula is C16H21ClN4OS. The molecule has 1 atom stereocenters. The maximum absolute atomic E-state index is 11.9. The Morgan fingerprint density at radius 1 is 1.35 bits per heavy atom. The predicted molar refractivity (Wildman–Crippen MR) is 95.1 cm³/mol. The van der Waals surface area contributed by atoms with Gasteiger partial charge in [0.25, 0.3) is 0 Å². The average molecular weight is 353 g/mol. The van der Waals surface area contributed by atoms with Crippen LogP contribution in [-0.2, 0) is 17.8 Å². The molecule has 0 radical (unpaired) electrons. The van der Waals surface area contributed by atoms with Crippen LogP contribution in [0.5, 0.6) is 0 Å². The number of aliphatic imine (C=N–C) groups is 1. The Morgan fingerprint density at radius 3 is 2.57 bits per heavy atom. The van der Waals surface area contributed by atoms with E-state index in [2.05, 4.69) is 43.8 Å². The number of hydrogen-bond acceptors (Lipinski definition) is 4. The molecule has 7 heteroatoms. The van der Waals surface area contributed by atoms with Gasteiger partial charge in [-0.1, -0.05) is 17.7 Å². The summed E-state index contributed by atoms with van der Waals surface area (Å²) in [6.07, 6.45) is 3.73. The molecule has 5 nitrogen and oxygen atoms in total. The van der Waals surface area contributed by atoms with Gasteiger partial charge in [-0.2, -0.15) is 5.10 Å². The van der Waals surface area contributed by atoms with Gasteiger partial charge in [0.15, 0.2) is 0 Å². The van der Waals surface area contributed by atoms with Crippen molar-refractivity contribution in [3.05, 3.63) is 27.9 Å². The zero-order chi connectivity index (χ0) is 17.1. The average Bonchev–Trinajstić information content (AvgIpc) is 2.87. The number of halogens is 1. The molecule has 1 aromatic rings. The first kappa shape index (κ1) is 16.5. The van der Waals surface area contributed by atoms with Gasteiger partial charge >= 0.3 is 0 Å². The summed E-state index contributed by atoms with van der Waals surface area (Å²) in [4.78, 5) is 7.01. The Balaban J connectivity index is 2.21. The van der Waals surface area contributed by atoms with Crippen molar-refractivity contribution in [2.75, 3.05) is 12.8 Å². The normalized spacial score (nSPS) is 21.3. The second-order valence-electron chi connectivity index (χ2n) is 6.74. The van der Waals surface area contributed by atoms with Crippen molar-refractivity contribution in [2.24, 2.45) is 12.0 Å². The minimum atomic E-state index is -1.19. The van der Waals surface area contributed by atoms with Gasteiger partial charge in [-0.05, 0) is 38.8 Å². The van der Waals surface area contributed by atoms with Crippen molar-refractivity contribution in [1.82, 2.24) is 14.7 Å². The van der Waals surface area contributed by atoms with Crippen LogP contribution in [0.3, 0.4) is 0 Å². The van der Waals surface area contributed by atoms with Crippen molar-refractivity contribution in [2.45, 2.75) is 38.3 Å². The van der Waals surface area contributed by atoms with E-state index in [-0.39, 0.29) is 5.54 Å². The van der Waals surface area contributed by atoms with E-state index in [0.29, 0.717) is 15.7 Å². The molecule has 0 fully saturated rings. The molecule has 1 unspecified atom stereocenters. The van der Waals surface area contributed by atoms with Gasteiger partial charge in [-0.15, -0.1) is 0 Å². The number of aromatic nitrogens is 2. The zero-order valence-corrected chi connectivity index (χ0v) is 15.8. The van der Waals surface area contributed by atoms with Crippen molar-refractivity contribution < 1.29 is 4.21 Å². The molecule has 0 N–H and O–H groups in total. The van der Waals surface area contributed by atoms with E-state index in [1.165, 1.54) is 0 Å². The molecule has 3 rings (SSSR count). The molecule has 3 heterocycles. The molecule has 0 spiro atoms. The minimum absolute atomic E-state index is 0.155. The van der Waals surface area contributed by atoms with Crippen molar-refractivity contribution in [1.29, 1.82) is 0 Å². The van der Waals surface area contributed by atoms with E-state index in [0.717, 1.165) is 29.2 Å². The minimum Gasteiger partial charge on any atom is -0.322 e. The van der Waals surface area contributed by atoms with Crippen LogP contribution >= 0.6 is 11.6 Å². The highest BCUT2D eigenvalue weighted by Crippen LogP contribution is 2.39. The Bertz CT molecular complexity index is 816. The first-order chi connectivity index (χ1) is 10.6. The van der Waals surface area contributed by atoms with Gasteiger partial charge in [0.05, 0.1) is 22.0 Å². The molecule has 2 aliphatic heterocycles. The smallest absolute Gasteiger partial charge is 0.144 e. The number of rotatable bonds is 2. The topological polar surface area (TPSA) is 50.5 Å². The fourth-order valence-corrected chi connectivity index (χ4v) is 4.60. The summed E-state index contributed by atoms with van der Waals surface area (Å²) in [7, 11) is 0.579. The standard InChI is InChI=1S/C16H21ClN4OS/c1-9-7-10(2)14-18-16(3,4)8-21(14)13(9)12-11(17)15(23(6)22)20(5)19-12/h7H,8H2,1-6H3. The SMILES string of the molecule is CC1=CC(C)=C(c2nn(C)c(S(C)=O)c2Cl)N2CC(C)(C)N=C12. The molecule has 0 aliphatic carbocycles. The van der Waals surface area contributed by atoms with E-state index < -0.39 is 10.8 Å². The van der Waals surface area contributed by atoms with E-state index in [9.17, 15) is 4.21 Å². The lowest BCUT2D eigenvalue weighted by Gasteiger charge is -2.29. The Kier molecular flexibility index (Phi) is 3.80. The quantitative estimate of drug-likeness (QED) is 0.822. The van der Waals surface area contributed by atoms with Crippen LogP contribution in [0.4, 0.5) is 0 Å². The number of hydrogen-bond donors (Lipinski definition) is 0. The summed E-state index contributed by atoms with van der Waals surface area (Å²) in [6.45, 7) is 9.13. The second-order valence-corrected chi connectivity index (χ2v) is 8.41. The number of allylic oxidation sites excluding steroid dienone is 2. The number of amidine groups is 1. The highest BCUT2D eigenvalue weighted by atomic mass is 35.5. The van der Waals surface area contributed by atoms with Crippen LogP contribution in [0.15, 0.2) is 27.2 Å². The van der Waals surface area contributed by atoms with Crippen molar-refractivity contribution in [3.8, 4) is 0 Å². The van der Waals surface area contributed by atoms with E-state index in [1.54, 1.807) is 18.0 Å². The lowest BCUT2D eigenvalue weighted by atomic mass is 10.0. The number of nitrogens with zero attached hydrogens (tertiary/aromatic N) is 4. The first-order valence-electron chi connectivity index (χ1n) is 7.45. The highest BCUT2D eigenvalue weighted by Gasteiger charge is 2.38. The van der Waals surface area contributed by atoms with Crippen LogP contribution in [0.25, 0.3) is 5.70 Å². The molecule has 0 amide bonds. The molecule has 0 aromatic carbocycles. The summed E-state index contributed by atoms with van der Waals surface area (Å²) in [5.41, 5.74) is 3.71. The molecular weight excluding hydrogens is 332 g/mol. The first-order valence-corrected chi connectivity index (χ1v) is 9.39. The van der Waals surface area contributed by atoms with Gasteiger partial charge in [0, 0.05) is 19.8 Å². The molecule has 1 aromatic heterocycles. The van der Waals surface area contributed by atoms with Gasteiger partial charge in [-0.3, -0.25) is 13.9 Å². The van der Waals surface area contributed by atoms with Crippen LogP contribution in [0.2, 0.25) is 5.02 Å². The van der Waals surface area contributed by atoms with Crippen molar-refractivity contribution in [3.63, 3.8) is 0 Å². The van der Waals surface area contributed by atoms with Crippen LogP contribution in [0, 0.1) is 0 Å². The lowest BCUT2D eigenvalue weighted by Crippen LogP contribution is -2.34. The van der Waals surface area contributed by atoms with Gasteiger partial charge in [0.2, 0.25) is 0 Å². The van der Waals surface area contributed by atoms with Gasteiger partial charge in [-0.25, -0.2) is 0 Å². The van der Waals surface area contributed by atoms with Crippen molar-refractivity contribution >= 4 is 33.9 Å². The molecule has 0 saturated carbocycles. The van der Waals surface area contributed by atoms with Gasteiger partial charge < -0.3 is 4.90 Å². The Morgan fingerprint density at radius 2 is 2.00 bits per heavy atom. The molecule has 0 bridgehead atoms. The Labute approximate surface area is 144 Å². The summed E-state index contributed by atoms with van der Waals surface area (Å²) < 4.78 is 13.6. The van der Waals surface area contributed by atoms with Crippen LogP contribution < -0.4 is 0 Å². The Hall–Kier alpha value is -1.40. The summed E-state index contributed by atoms with van der Waals surface area (Å²) in [5.74, 6) is 0.969. The zero-order valence-electron chi connectivity index (χ0n) is 14.3. The van der Waals surface area contributed by atoms with Crippen LogP contribution in [-0.4, -0.2) is 43.1 Å². The molecule has 23 heavy (non-hydrogen) atoms. The second kappa shape index (κ2) is 5.31. The lowest BCUT2D eigenvalue weighted by molar-refractivity contribution is 0.459. The fraction of sp³-hybridized carbons (Fsp3) is 0.500. The molecule has 2 aliphatic rings. The maximum atomic E-state index is 11.9.